The smallest absolute Gasteiger partial charge is 0.394 e. The highest BCUT2D eigenvalue weighted by atomic mass is 16.4. The number of carboxylic acid groups (broad SMARTS) is 1. The molecule has 0 bridgehead atoms. The predicted molar refractivity (Wildman–Crippen MR) is 94.5 cm³/mol. The summed E-state index contributed by atoms with van der Waals surface area (Å²) in [7, 11) is 0. The van der Waals surface area contributed by atoms with Crippen LogP contribution < -0.4 is 10.9 Å². The van der Waals surface area contributed by atoms with Crippen LogP contribution in [0, 0.1) is 6.92 Å². The number of carboxylic acids is 1. The molecular formula is C18H14N4O4. The molecule has 0 unspecified atom stereocenters. The number of aliphatic carboxylic acids is 1. The van der Waals surface area contributed by atoms with Crippen molar-refractivity contribution in [2.45, 2.75) is 6.92 Å². The molecule has 3 rings (SSSR count). The molecule has 0 fully saturated rings. The van der Waals surface area contributed by atoms with Gasteiger partial charge in [0.25, 0.3) is 5.56 Å². The minimum absolute atomic E-state index is 0.118. The average Bonchev–Trinajstić information content (AvgIpc) is 2.63. The molecule has 130 valence electrons. The summed E-state index contributed by atoms with van der Waals surface area (Å²) in [5.74, 6) is -2.69. The molecule has 0 saturated heterocycles. The van der Waals surface area contributed by atoms with E-state index in [4.69, 9.17) is 5.11 Å². The molecule has 2 aromatic carbocycles. The number of hydrogen-bond donors (Lipinski definition) is 3. The molecule has 0 aliphatic carbocycles. The van der Waals surface area contributed by atoms with E-state index in [1.807, 2.05) is 19.1 Å². The van der Waals surface area contributed by atoms with Gasteiger partial charge in [-0.25, -0.2) is 4.79 Å². The Labute approximate surface area is 147 Å². The van der Waals surface area contributed by atoms with Crippen molar-refractivity contribution in [1.29, 1.82) is 0 Å². The van der Waals surface area contributed by atoms with Crippen LogP contribution in [-0.2, 0) is 9.59 Å². The molecule has 1 aromatic heterocycles. The first kappa shape index (κ1) is 17.0. The van der Waals surface area contributed by atoms with E-state index in [1.165, 1.54) is 6.07 Å². The quantitative estimate of drug-likeness (QED) is 0.619. The van der Waals surface area contributed by atoms with Gasteiger partial charge in [-0.15, -0.1) is 10.2 Å². The molecule has 26 heavy (non-hydrogen) atoms. The van der Waals surface area contributed by atoms with Gasteiger partial charge >= 0.3 is 11.9 Å². The highest BCUT2D eigenvalue weighted by Crippen LogP contribution is 2.24. The van der Waals surface area contributed by atoms with E-state index < -0.39 is 17.4 Å². The Balaban J connectivity index is 2.00. The Morgan fingerprint density at radius 1 is 1.04 bits per heavy atom. The van der Waals surface area contributed by atoms with Crippen LogP contribution in [0.2, 0.25) is 0 Å². The summed E-state index contributed by atoms with van der Waals surface area (Å²) < 4.78 is 0. The highest BCUT2D eigenvalue weighted by Gasteiger charge is 2.16. The summed E-state index contributed by atoms with van der Waals surface area (Å²) in [6.07, 6.45) is 0. The molecular weight excluding hydrogens is 336 g/mol. The summed E-state index contributed by atoms with van der Waals surface area (Å²) in [4.78, 5) is 37.2. The van der Waals surface area contributed by atoms with Crippen LogP contribution in [0.3, 0.4) is 0 Å². The monoisotopic (exact) mass is 350 g/mol. The van der Waals surface area contributed by atoms with Gasteiger partial charge in [0, 0.05) is 11.1 Å². The lowest BCUT2D eigenvalue weighted by Crippen LogP contribution is -2.22. The number of rotatable bonds is 3. The lowest BCUT2D eigenvalue weighted by Gasteiger charge is -2.09. The number of carbonyl (C=O) groups is 2. The second kappa shape index (κ2) is 6.98. The van der Waals surface area contributed by atoms with Crippen molar-refractivity contribution in [3.63, 3.8) is 0 Å². The van der Waals surface area contributed by atoms with Gasteiger partial charge in [-0.2, -0.15) is 0 Å². The van der Waals surface area contributed by atoms with Crippen LogP contribution in [-0.4, -0.2) is 32.2 Å². The average molecular weight is 350 g/mol. The van der Waals surface area contributed by atoms with E-state index >= 15 is 0 Å². The van der Waals surface area contributed by atoms with Crippen molar-refractivity contribution in [2.24, 2.45) is 0 Å². The Bertz CT molecular complexity index is 1040. The molecule has 0 atom stereocenters. The van der Waals surface area contributed by atoms with E-state index in [9.17, 15) is 14.4 Å². The van der Waals surface area contributed by atoms with E-state index in [0.717, 1.165) is 5.56 Å². The number of anilines is 1. The van der Waals surface area contributed by atoms with Gasteiger partial charge in [-0.05, 0) is 19.1 Å². The summed E-state index contributed by atoms with van der Waals surface area (Å²) in [5.41, 5.74) is 1.95. The van der Waals surface area contributed by atoms with E-state index in [0.29, 0.717) is 11.1 Å². The predicted octanol–water partition coefficient (Wildman–Crippen LogP) is 1.83. The van der Waals surface area contributed by atoms with E-state index in [-0.39, 0.29) is 17.2 Å². The van der Waals surface area contributed by atoms with Crippen molar-refractivity contribution in [1.82, 2.24) is 15.2 Å². The van der Waals surface area contributed by atoms with E-state index in [2.05, 4.69) is 20.5 Å². The highest BCUT2D eigenvalue weighted by molar-refractivity contribution is 6.36. The van der Waals surface area contributed by atoms with Crippen molar-refractivity contribution in [3.05, 3.63) is 64.4 Å². The number of aromatic nitrogens is 3. The summed E-state index contributed by atoms with van der Waals surface area (Å²) in [5, 5.41) is 19.0. The lowest BCUT2D eigenvalue weighted by atomic mass is 10.1. The largest absolute Gasteiger partial charge is 0.474 e. The molecule has 8 heteroatoms. The first-order valence-electron chi connectivity index (χ1n) is 7.63. The van der Waals surface area contributed by atoms with Crippen LogP contribution in [0.15, 0.2) is 53.3 Å². The minimum atomic E-state index is -1.62. The molecule has 0 aliphatic heterocycles. The number of nitrogens with one attached hydrogen (secondary N) is 2. The number of amides is 1. The zero-order chi connectivity index (χ0) is 18.7. The Hall–Kier alpha value is -3.81. The number of carbonyl (C=O) groups excluding carboxylic acids is 1. The van der Waals surface area contributed by atoms with Gasteiger partial charge in [-0.3, -0.25) is 9.59 Å². The van der Waals surface area contributed by atoms with Crippen LogP contribution in [0.1, 0.15) is 5.56 Å². The number of hydrogen-bond acceptors (Lipinski definition) is 5. The second-order valence-electron chi connectivity index (χ2n) is 5.52. The van der Waals surface area contributed by atoms with Gasteiger partial charge in [0.05, 0.1) is 5.69 Å². The summed E-state index contributed by atoms with van der Waals surface area (Å²) >= 11 is 0. The number of benzene rings is 2. The molecule has 3 N–H and O–H groups in total. The van der Waals surface area contributed by atoms with Crippen molar-refractivity contribution < 1.29 is 14.7 Å². The summed E-state index contributed by atoms with van der Waals surface area (Å²) in [6.45, 7) is 1.94. The fraction of sp³-hybridized carbons (Fsp3) is 0.0556. The first-order chi connectivity index (χ1) is 12.5. The lowest BCUT2D eigenvalue weighted by molar-refractivity contribution is -0.147. The first-order valence-corrected chi connectivity index (χ1v) is 7.63. The number of H-pyrrole nitrogens is 1. The third-order valence-corrected chi connectivity index (χ3v) is 3.65. The van der Waals surface area contributed by atoms with Crippen LogP contribution in [0.5, 0.6) is 0 Å². The molecule has 0 radical (unpaired) electrons. The molecule has 0 spiro atoms. The number of aryl methyl sites for hydroxylation is 1. The minimum Gasteiger partial charge on any atom is -0.474 e. The molecule has 0 saturated carbocycles. The molecule has 1 amide bonds. The molecule has 1 heterocycles. The maximum atomic E-state index is 12.4. The fourth-order valence-electron chi connectivity index (χ4n) is 2.33. The van der Waals surface area contributed by atoms with Gasteiger partial charge in [0.1, 0.15) is 0 Å². The molecule has 3 aromatic rings. The van der Waals surface area contributed by atoms with E-state index in [1.54, 1.807) is 30.3 Å². The molecule has 8 nitrogen and oxygen atoms in total. The van der Waals surface area contributed by atoms with Gasteiger partial charge in [0.2, 0.25) is 0 Å². The fourth-order valence-corrected chi connectivity index (χ4v) is 2.33. The van der Waals surface area contributed by atoms with Crippen molar-refractivity contribution in [2.75, 3.05) is 5.32 Å². The third kappa shape index (κ3) is 3.48. The van der Waals surface area contributed by atoms with Gasteiger partial charge in [0.15, 0.2) is 11.5 Å². The van der Waals surface area contributed by atoms with Crippen LogP contribution in [0.25, 0.3) is 22.6 Å². The summed E-state index contributed by atoms with van der Waals surface area (Å²) in [6, 6.07) is 13.6. The Morgan fingerprint density at radius 2 is 1.73 bits per heavy atom. The zero-order valence-electron chi connectivity index (χ0n) is 13.7. The van der Waals surface area contributed by atoms with Crippen LogP contribution >= 0.6 is 0 Å². The normalized spacial score (nSPS) is 10.3. The van der Waals surface area contributed by atoms with Crippen molar-refractivity contribution in [3.8, 4) is 22.6 Å². The Morgan fingerprint density at radius 3 is 2.38 bits per heavy atom. The Kier molecular flexibility index (Phi) is 4.57. The topological polar surface area (TPSA) is 125 Å². The maximum absolute atomic E-state index is 12.4. The molecule has 0 aliphatic rings. The zero-order valence-corrected chi connectivity index (χ0v) is 13.7. The second-order valence-corrected chi connectivity index (χ2v) is 5.52. The van der Waals surface area contributed by atoms with Crippen molar-refractivity contribution >= 4 is 17.6 Å². The third-order valence-electron chi connectivity index (χ3n) is 3.65. The van der Waals surface area contributed by atoms with Crippen LogP contribution in [0.4, 0.5) is 5.69 Å². The standard InChI is InChI=1S/C18H14N4O4/c1-10-6-8-11(9-7-10)14-16(23)20-15(22-21-14)12-4-2-3-5-13(12)19-17(24)18(25)26/h2-9H,1H3,(H,19,24)(H,25,26)(H,20,22,23). The number of aromatic amines is 1. The number of nitrogens with zero attached hydrogens (tertiary/aromatic N) is 2. The van der Waals surface area contributed by atoms with Gasteiger partial charge < -0.3 is 15.4 Å². The maximum Gasteiger partial charge on any atom is 0.394 e. The number of para-hydroxylation sites is 1. The van der Waals surface area contributed by atoms with Gasteiger partial charge in [-0.1, -0.05) is 42.0 Å². The SMILES string of the molecule is Cc1ccc(-c2nnc(-c3ccccc3NC(=O)C(=O)O)[nH]c2=O)cc1.